The van der Waals surface area contributed by atoms with Crippen molar-refractivity contribution in [1.29, 1.82) is 0 Å². The maximum absolute atomic E-state index is 12.6. The number of aliphatic hydroxyl groups is 1. The van der Waals surface area contributed by atoms with Crippen molar-refractivity contribution >= 4 is 5.78 Å². The summed E-state index contributed by atoms with van der Waals surface area (Å²) in [5.74, 6) is 0.566. The summed E-state index contributed by atoms with van der Waals surface area (Å²) in [7, 11) is 0. The Labute approximate surface area is 147 Å². The summed E-state index contributed by atoms with van der Waals surface area (Å²) in [6.45, 7) is 7.29. The van der Waals surface area contributed by atoms with Crippen molar-refractivity contribution in [3.05, 3.63) is 35.9 Å². The van der Waals surface area contributed by atoms with E-state index in [9.17, 15) is 4.79 Å². The largest absolute Gasteiger partial charge is 0.395 e. The minimum atomic E-state index is 0.0949. The number of carbonyl (C=O) groups is 1. The van der Waals surface area contributed by atoms with Gasteiger partial charge in [-0.25, -0.2) is 14.6 Å². The molecular formula is C17H24N6O2. The van der Waals surface area contributed by atoms with Gasteiger partial charge >= 0.3 is 0 Å². The second-order valence-electron chi connectivity index (χ2n) is 6.18. The Bertz CT molecular complexity index is 694. The monoisotopic (exact) mass is 344 g/mol. The average molecular weight is 344 g/mol. The number of aromatic nitrogens is 4. The van der Waals surface area contributed by atoms with Gasteiger partial charge in [0.1, 0.15) is 0 Å². The van der Waals surface area contributed by atoms with Gasteiger partial charge in [0.2, 0.25) is 0 Å². The minimum Gasteiger partial charge on any atom is -0.395 e. The van der Waals surface area contributed by atoms with Crippen LogP contribution in [0.5, 0.6) is 0 Å². The Morgan fingerprint density at radius 1 is 1.12 bits per heavy atom. The lowest BCUT2D eigenvalue weighted by molar-refractivity contribution is 0.0906. The number of carbonyl (C=O) groups excluding carboxylic acids is 1. The van der Waals surface area contributed by atoms with Crippen LogP contribution in [0.1, 0.15) is 22.5 Å². The van der Waals surface area contributed by atoms with Crippen LogP contribution in [0.15, 0.2) is 24.7 Å². The zero-order valence-electron chi connectivity index (χ0n) is 14.5. The lowest BCUT2D eigenvalue weighted by Gasteiger charge is -2.34. The van der Waals surface area contributed by atoms with Crippen LogP contribution in [0.25, 0.3) is 5.95 Å². The summed E-state index contributed by atoms with van der Waals surface area (Å²) < 4.78 is 1.60. The molecule has 0 aromatic carbocycles. The van der Waals surface area contributed by atoms with Crippen molar-refractivity contribution in [2.45, 2.75) is 13.3 Å². The van der Waals surface area contributed by atoms with Crippen LogP contribution in [0.4, 0.5) is 0 Å². The van der Waals surface area contributed by atoms with Crippen LogP contribution in [0, 0.1) is 6.92 Å². The molecule has 1 N–H and O–H groups in total. The van der Waals surface area contributed by atoms with E-state index in [0.29, 0.717) is 17.9 Å². The second-order valence-corrected chi connectivity index (χ2v) is 6.18. The normalized spacial score (nSPS) is 16.2. The van der Waals surface area contributed by atoms with Gasteiger partial charge in [-0.15, -0.1) is 0 Å². The summed E-state index contributed by atoms with van der Waals surface area (Å²) >= 11 is 0. The number of piperazine rings is 1. The Morgan fingerprint density at radius 2 is 1.76 bits per heavy atom. The topological polar surface area (TPSA) is 87.4 Å². The lowest BCUT2D eigenvalue weighted by atomic mass is 10.1. The first-order chi connectivity index (χ1) is 12.2. The van der Waals surface area contributed by atoms with Gasteiger partial charge in [0, 0.05) is 58.1 Å². The molecular weight excluding hydrogens is 320 g/mol. The molecule has 1 aliphatic heterocycles. The first kappa shape index (κ1) is 17.7. The van der Waals surface area contributed by atoms with Crippen LogP contribution < -0.4 is 0 Å². The molecule has 1 saturated heterocycles. The molecule has 0 aliphatic carbocycles. The summed E-state index contributed by atoms with van der Waals surface area (Å²) in [5.41, 5.74) is 1.40. The van der Waals surface area contributed by atoms with E-state index in [2.05, 4.69) is 24.9 Å². The van der Waals surface area contributed by atoms with Crippen LogP contribution in [-0.2, 0) is 0 Å². The fourth-order valence-corrected chi connectivity index (χ4v) is 3.06. The van der Waals surface area contributed by atoms with Gasteiger partial charge in [0.05, 0.1) is 24.1 Å². The van der Waals surface area contributed by atoms with E-state index in [1.54, 1.807) is 29.3 Å². The summed E-state index contributed by atoms with van der Waals surface area (Å²) in [6.07, 6.45) is 5.39. The van der Waals surface area contributed by atoms with Gasteiger partial charge in [-0.05, 0) is 13.0 Å². The molecule has 8 nitrogen and oxygen atoms in total. The molecule has 2 aromatic rings. The lowest BCUT2D eigenvalue weighted by Crippen LogP contribution is -2.47. The third-order valence-electron chi connectivity index (χ3n) is 4.59. The standard InChI is InChI=1S/C17H24N6O2/c1-14-15(13-20-23(14)17-18-4-2-5-19-17)16(25)3-6-21-7-9-22(10-8-21)11-12-24/h2,4-5,13,24H,3,6-12H2,1H3. The molecule has 134 valence electrons. The van der Waals surface area contributed by atoms with E-state index in [1.165, 1.54) is 0 Å². The van der Waals surface area contributed by atoms with Crippen molar-refractivity contribution in [2.24, 2.45) is 0 Å². The fourth-order valence-electron chi connectivity index (χ4n) is 3.06. The predicted molar refractivity (Wildman–Crippen MR) is 92.8 cm³/mol. The number of nitrogens with zero attached hydrogens (tertiary/aromatic N) is 6. The maximum Gasteiger partial charge on any atom is 0.250 e. The molecule has 25 heavy (non-hydrogen) atoms. The highest BCUT2D eigenvalue weighted by molar-refractivity contribution is 5.97. The highest BCUT2D eigenvalue weighted by Gasteiger charge is 2.20. The molecule has 2 aromatic heterocycles. The minimum absolute atomic E-state index is 0.0949. The summed E-state index contributed by atoms with van der Waals surface area (Å²) in [4.78, 5) is 25.4. The van der Waals surface area contributed by atoms with Crippen molar-refractivity contribution in [3.8, 4) is 5.95 Å². The van der Waals surface area contributed by atoms with E-state index in [0.717, 1.165) is 45.0 Å². The SMILES string of the molecule is Cc1c(C(=O)CCN2CCN(CCO)CC2)cnn1-c1ncccn1. The van der Waals surface area contributed by atoms with E-state index in [4.69, 9.17) is 5.11 Å². The number of ketones is 1. The second kappa shape index (κ2) is 8.28. The van der Waals surface area contributed by atoms with Gasteiger partial charge < -0.3 is 10.0 Å². The van der Waals surface area contributed by atoms with E-state index in [-0.39, 0.29) is 12.4 Å². The molecule has 1 aliphatic rings. The first-order valence-corrected chi connectivity index (χ1v) is 8.60. The zero-order valence-corrected chi connectivity index (χ0v) is 14.5. The van der Waals surface area contributed by atoms with E-state index in [1.807, 2.05) is 6.92 Å². The molecule has 0 atom stereocenters. The third-order valence-corrected chi connectivity index (χ3v) is 4.59. The van der Waals surface area contributed by atoms with Gasteiger partial charge in [-0.2, -0.15) is 5.10 Å². The van der Waals surface area contributed by atoms with Crippen LogP contribution in [0.3, 0.4) is 0 Å². The molecule has 8 heteroatoms. The average Bonchev–Trinajstić information content (AvgIpc) is 3.03. The van der Waals surface area contributed by atoms with Crippen molar-refractivity contribution in [2.75, 3.05) is 45.9 Å². The molecule has 0 unspecified atom stereocenters. The number of Topliss-reactive ketones (excluding diaryl/α,β-unsaturated/α-hetero) is 1. The van der Waals surface area contributed by atoms with Crippen molar-refractivity contribution in [1.82, 2.24) is 29.5 Å². The maximum atomic E-state index is 12.6. The Morgan fingerprint density at radius 3 is 2.40 bits per heavy atom. The summed E-state index contributed by atoms with van der Waals surface area (Å²) in [5, 5.41) is 13.2. The quantitative estimate of drug-likeness (QED) is 0.716. The Kier molecular flexibility index (Phi) is 5.85. The van der Waals surface area contributed by atoms with Gasteiger partial charge in [0.25, 0.3) is 5.95 Å². The molecule has 0 amide bonds. The molecule has 0 saturated carbocycles. The molecule has 0 radical (unpaired) electrons. The molecule has 1 fully saturated rings. The molecule has 3 heterocycles. The predicted octanol–water partition coefficient (Wildman–Crippen LogP) is 0.153. The van der Waals surface area contributed by atoms with Gasteiger partial charge in [-0.1, -0.05) is 0 Å². The van der Waals surface area contributed by atoms with Crippen LogP contribution in [-0.4, -0.2) is 86.3 Å². The number of aliphatic hydroxyl groups excluding tert-OH is 1. The first-order valence-electron chi connectivity index (χ1n) is 8.60. The Balaban J connectivity index is 1.55. The molecule has 0 spiro atoms. The number of β-amino-alcohol motifs (C(OH)–C–C–N with tert-alkyl or cyclic N) is 1. The highest BCUT2D eigenvalue weighted by Crippen LogP contribution is 2.13. The number of hydrogen-bond acceptors (Lipinski definition) is 7. The Hall–Kier alpha value is -2.16. The van der Waals surface area contributed by atoms with Crippen molar-refractivity contribution < 1.29 is 9.90 Å². The van der Waals surface area contributed by atoms with Gasteiger partial charge in [-0.3, -0.25) is 9.69 Å². The van der Waals surface area contributed by atoms with Crippen LogP contribution >= 0.6 is 0 Å². The van der Waals surface area contributed by atoms with Crippen LogP contribution in [0.2, 0.25) is 0 Å². The van der Waals surface area contributed by atoms with Gasteiger partial charge in [0.15, 0.2) is 5.78 Å². The van der Waals surface area contributed by atoms with E-state index >= 15 is 0 Å². The zero-order chi connectivity index (χ0) is 17.6. The molecule has 0 bridgehead atoms. The number of hydrogen-bond donors (Lipinski definition) is 1. The molecule has 3 rings (SSSR count). The highest BCUT2D eigenvalue weighted by atomic mass is 16.3. The fraction of sp³-hybridized carbons (Fsp3) is 0.529. The third kappa shape index (κ3) is 4.28. The van der Waals surface area contributed by atoms with Crippen molar-refractivity contribution in [3.63, 3.8) is 0 Å². The smallest absolute Gasteiger partial charge is 0.250 e. The summed E-state index contributed by atoms with van der Waals surface area (Å²) in [6, 6.07) is 1.74. The van der Waals surface area contributed by atoms with E-state index < -0.39 is 0 Å². The number of rotatable bonds is 7.